The van der Waals surface area contributed by atoms with E-state index in [2.05, 4.69) is 228 Å². The second-order valence-electron chi connectivity index (χ2n) is 15.7. The van der Waals surface area contributed by atoms with E-state index in [0.717, 1.165) is 33.8 Å². The predicted molar refractivity (Wildman–Crippen MR) is 262 cm³/mol. The first-order valence-corrected chi connectivity index (χ1v) is 21.8. The van der Waals surface area contributed by atoms with Crippen LogP contribution in [0, 0.1) is 0 Å². The zero-order chi connectivity index (χ0) is 41.0. The van der Waals surface area contributed by atoms with E-state index in [4.69, 9.17) is 9.98 Å². The van der Waals surface area contributed by atoms with E-state index < -0.39 is 0 Å². The normalized spacial score (nSPS) is 14.0. The summed E-state index contributed by atoms with van der Waals surface area (Å²) in [6.07, 6.45) is -0.323. The van der Waals surface area contributed by atoms with Gasteiger partial charge in [0.1, 0.15) is 12.0 Å². The first-order chi connectivity index (χ1) is 30.7. The smallest absolute Gasteiger partial charge is 0.159 e. The number of nitrogens with one attached hydrogen (secondary N) is 1. The van der Waals surface area contributed by atoms with E-state index in [1.54, 1.807) is 0 Å². The Bertz CT molecular complexity index is 3490. The average molecular weight is 811 g/mol. The molecular formula is C57H38N4S. The second kappa shape index (κ2) is 15.0. The summed E-state index contributed by atoms with van der Waals surface area (Å²) >= 11 is 1.83. The van der Waals surface area contributed by atoms with Gasteiger partial charge in [0.05, 0.1) is 16.7 Å². The number of aromatic nitrogens is 1. The first kappa shape index (κ1) is 36.0. The monoisotopic (exact) mass is 810 g/mol. The van der Waals surface area contributed by atoms with Crippen molar-refractivity contribution in [3.8, 4) is 39.1 Å². The van der Waals surface area contributed by atoms with E-state index in [0.29, 0.717) is 5.84 Å². The molecule has 5 heteroatoms. The molecule has 0 fully saturated rings. The molecular weight excluding hydrogens is 773 g/mol. The van der Waals surface area contributed by atoms with Crippen LogP contribution in [0.15, 0.2) is 228 Å². The van der Waals surface area contributed by atoms with Crippen molar-refractivity contribution >= 4 is 65.0 Å². The van der Waals surface area contributed by atoms with Crippen molar-refractivity contribution in [1.82, 2.24) is 9.88 Å². The lowest BCUT2D eigenvalue weighted by atomic mass is 9.95. The van der Waals surface area contributed by atoms with Gasteiger partial charge in [0.15, 0.2) is 5.84 Å². The SMILES string of the molecule is c1ccc(-c2cccc(-c3ccc(C4=NC(c5ccccc5)NC(c5cccc6sc7cccc(-c8ccccc8-n8c9ccccc9c9ccccc98)c7c56)=N4)cc3)c2)cc1. The van der Waals surface area contributed by atoms with Crippen LogP contribution in [0.25, 0.3) is 81.0 Å². The molecule has 4 nitrogen and oxygen atoms in total. The molecule has 0 radical (unpaired) electrons. The summed E-state index contributed by atoms with van der Waals surface area (Å²) in [6.45, 7) is 0. The van der Waals surface area contributed by atoms with E-state index in [1.807, 2.05) is 11.3 Å². The molecule has 11 aromatic rings. The van der Waals surface area contributed by atoms with Crippen molar-refractivity contribution in [3.63, 3.8) is 0 Å². The highest BCUT2D eigenvalue weighted by atomic mass is 32.1. The van der Waals surface area contributed by atoms with Crippen LogP contribution in [-0.2, 0) is 0 Å². The Kier molecular flexibility index (Phi) is 8.72. The fourth-order valence-electron chi connectivity index (χ4n) is 9.21. The molecule has 62 heavy (non-hydrogen) atoms. The summed E-state index contributed by atoms with van der Waals surface area (Å²) in [5.41, 5.74) is 13.7. The Morgan fingerprint density at radius 3 is 1.65 bits per heavy atom. The molecule has 0 saturated heterocycles. The quantitative estimate of drug-likeness (QED) is 0.171. The minimum Gasteiger partial charge on any atom is -0.344 e. The van der Waals surface area contributed by atoms with E-state index in [9.17, 15) is 0 Å². The van der Waals surface area contributed by atoms with Gasteiger partial charge < -0.3 is 9.88 Å². The predicted octanol–water partition coefficient (Wildman–Crippen LogP) is 14.6. The number of para-hydroxylation sites is 3. The highest BCUT2D eigenvalue weighted by molar-refractivity contribution is 7.26. The highest BCUT2D eigenvalue weighted by Gasteiger charge is 2.25. The van der Waals surface area contributed by atoms with Crippen LogP contribution in [0.3, 0.4) is 0 Å². The minimum absolute atomic E-state index is 0.323. The molecule has 2 aromatic heterocycles. The van der Waals surface area contributed by atoms with Crippen LogP contribution in [0.1, 0.15) is 22.9 Å². The van der Waals surface area contributed by atoms with Gasteiger partial charge >= 0.3 is 0 Å². The lowest BCUT2D eigenvalue weighted by molar-refractivity contribution is 0.674. The van der Waals surface area contributed by atoms with Crippen LogP contribution in [0.4, 0.5) is 0 Å². The molecule has 1 aliphatic heterocycles. The number of benzene rings is 9. The molecule has 0 spiro atoms. The summed E-state index contributed by atoms with van der Waals surface area (Å²) in [4.78, 5) is 10.6. The number of aliphatic imine (C=N–C) groups is 2. The van der Waals surface area contributed by atoms with Crippen molar-refractivity contribution in [2.45, 2.75) is 6.17 Å². The second-order valence-corrected chi connectivity index (χ2v) is 16.8. The minimum atomic E-state index is -0.323. The molecule has 0 amide bonds. The molecule has 292 valence electrons. The van der Waals surface area contributed by atoms with Gasteiger partial charge in [0, 0.05) is 47.6 Å². The van der Waals surface area contributed by atoms with Gasteiger partial charge in [-0.2, -0.15) is 0 Å². The molecule has 0 bridgehead atoms. The summed E-state index contributed by atoms with van der Waals surface area (Å²) in [5.74, 6) is 1.50. The Morgan fingerprint density at radius 2 is 0.935 bits per heavy atom. The number of rotatable bonds is 7. The van der Waals surface area contributed by atoms with Gasteiger partial charge in [0.2, 0.25) is 0 Å². The summed E-state index contributed by atoms with van der Waals surface area (Å²) < 4.78 is 4.88. The number of hydrogen-bond acceptors (Lipinski definition) is 4. The van der Waals surface area contributed by atoms with Crippen LogP contribution >= 0.6 is 11.3 Å². The third-order valence-electron chi connectivity index (χ3n) is 12.1. The number of thiophene rings is 1. The maximum Gasteiger partial charge on any atom is 0.159 e. The van der Waals surface area contributed by atoms with Gasteiger partial charge in [-0.05, 0) is 69.8 Å². The number of nitrogens with zero attached hydrogens (tertiary/aromatic N) is 3. The molecule has 12 rings (SSSR count). The van der Waals surface area contributed by atoms with E-state index in [1.165, 1.54) is 69.8 Å². The Hall–Kier alpha value is -7.86. The van der Waals surface area contributed by atoms with Crippen LogP contribution < -0.4 is 5.32 Å². The standard InChI is InChI=1S/C57H38N4S/c1-3-16-37(17-4-1)41-20-13-21-42(36-41)38-32-34-40(35-33-38)56-58-55(39-18-5-2-6-19-39)59-57(60-56)47-26-15-31-52-54(47)53-46(25-14-30-51(53)62-52)45-24-9-12-29-50(45)61-48-27-10-7-22-43(48)44-23-8-11-28-49(44)61/h1-36,55H,(H,58,59,60). The van der Waals surface area contributed by atoms with Gasteiger partial charge in [0.25, 0.3) is 0 Å². The zero-order valence-electron chi connectivity index (χ0n) is 33.6. The molecule has 1 aliphatic rings. The molecule has 1 unspecified atom stereocenters. The van der Waals surface area contributed by atoms with Gasteiger partial charge in [-0.3, -0.25) is 0 Å². The van der Waals surface area contributed by atoms with Gasteiger partial charge in [-0.15, -0.1) is 11.3 Å². The van der Waals surface area contributed by atoms with Gasteiger partial charge in [-0.1, -0.05) is 182 Å². The first-order valence-electron chi connectivity index (χ1n) is 21.0. The van der Waals surface area contributed by atoms with Crippen LogP contribution in [-0.4, -0.2) is 16.2 Å². The van der Waals surface area contributed by atoms with Crippen molar-refractivity contribution in [3.05, 3.63) is 235 Å². The molecule has 0 saturated carbocycles. The maximum absolute atomic E-state index is 5.38. The lowest BCUT2D eigenvalue weighted by Crippen LogP contribution is -2.33. The lowest BCUT2D eigenvalue weighted by Gasteiger charge is -2.24. The summed E-state index contributed by atoms with van der Waals surface area (Å²) in [6, 6.07) is 78.1. The van der Waals surface area contributed by atoms with E-state index >= 15 is 0 Å². The van der Waals surface area contributed by atoms with Gasteiger partial charge in [-0.25, -0.2) is 9.98 Å². The Morgan fingerprint density at radius 1 is 0.419 bits per heavy atom. The van der Waals surface area contributed by atoms with Crippen molar-refractivity contribution in [2.24, 2.45) is 9.98 Å². The third kappa shape index (κ3) is 6.13. The fourth-order valence-corrected chi connectivity index (χ4v) is 10.4. The average Bonchev–Trinajstić information content (AvgIpc) is 3.91. The Labute approximate surface area is 363 Å². The zero-order valence-corrected chi connectivity index (χ0v) is 34.4. The number of amidine groups is 2. The maximum atomic E-state index is 5.38. The molecule has 0 aliphatic carbocycles. The fraction of sp³-hybridized carbons (Fsp3) is 0.0175. The molecule has 1 atom stereocenters. The van der Waals surface area contributed by atoms with Crippen LogP contribution in [0.2, 0.25) is 0 Å². The molecule has 9 aromatic carbocycles. The topological polar surface area (TPSA) is 41.7 Å². The molecule has 1 N–H and O–H groups in total. The third-order valence-corrected chi connectivity index (χ3v) is 13.2. The number of hydrogen-bond donors (Lipinski definition) is 1. The highest BCUT2D eigenvalue weighted by Crippen LogP contribution is 2.44. The number of fused-ring (bicyclic) bond motifs is 6. The van der Waals surface area contributed by atoms with Crippen molar-refractivity contribution in [1.29, 1.82) is 0 Å². The summed E-state index contributed by atoms with van der Waals surface area (Å²) in [7, 11) is 0. The van der Waals surface area contributed by atoms with Crippen molar-refractivity contribution in [2.75, 3.05) is 0 Å². The molecule has 3 heterocycles. The summed E-state index contributed by atoms with van der Waals surface area (Å²) in [5, 5.41) is 8.70. The van der Waals surface area contributed by atoms with Crippen molar-refractivity contribution < 1.29 is 0 Å². The van der Waals surface area contributed by atoms with E-state index in [-0.39, 0.29) is 6.17 Å². The Balaban J connectivity index is 1.00. The largest absolute Gasteiger partial charge is 0.344 e. The van der Waals surface area contributed by atoms with Crippen LogP contribution in [0.5, 0.6) is 0 Å².